The van der Waals surface area contributed by atoms with Gasteiger partial charge in [0.15, 0.2) is 11.5 Å². The number of ether oxygens (including phenoxy) is 1. The van der Waals surface area contributed by atoms with Crippen LogP contribution in [-0.4, -0.2) is 59.3 Å². The summed E-state index contributed by atoms with van der Waals surface area (Å²) in [6.45, 7) is 4.85. The minimum atomic E-state index is 0.189. The molecule has 0 atom stereocenters. The van der Waals surface area contributed by atoms with Crippen LogP contribution >= 0.6 is 0 Å². The second-order valence-electron chi connectivity index (χ2n) is 7.68. The number of phenols is 1. The van der Waals surface area contributed by atoms with Crippen molar-refractivity contribution in [1.82, 2.24) is 14.9 Å². The maximum atomic E-state index is 9.92. The summed E-state index contributed by atoms with van der Waals surface area (Å²) >= 11 is 0. The zero-order chi connectivity index (χ0) is 19.3. The first-order valence-corrected chi connectivity index (χ1v) is 10.1. The topological polar surface area (TPSA) is 73.8 Å². The number of nitrogens with one attached hydrogen (secondary N) is 1. The molecule has 28 heavy (non-hydrogen) atoms. The van der Waals surface area contributed by atoms with Gasteiger partial charge in [0.2, 0.25) is 5.95 Å². The third-order valence-electron chi connectivity index (χ3n) is 5.51. The summed E-state index contributed by atoms with van der Waals surface area (Å²) in [6, 6.07) is 7.94. The van der Waals surface area contributed by atoms with Crippen LogP contribution in [0.25, 0.3) is 0 Å². The second-order valence-corrected chi connectivity index (χ2v) is 7.68. The summed E-state index contributed by atoms with van der Waals surface area (Å²) in [5, 5.41) is 13.4. The van der Waals surface area contributed by atoms with Crippen molar-refractivity contribution in [2.45, 2.75) is 38.3 Å². The molecule has 3 heterocycles. The van der Waals surface area contributed by atoms with E-state index in [4.69, 9.17) is 9.72 Å². The predicted octanol–water partition coefficient (Wildman–Crippen LogP) is 2.87. The van der Waals surface area contributed by atoms with E-state index in [1.54, 1.807) is 13.2 Å². The smallest absolute Gasteiger partial charge is 0.224 e. The van der Waals surface area contributed by atoms with Crippen LogP contribution in [0.3, 0.4) is 0 Å². The molecule has 0 spiro atoms. The van der Waals surface area contributed by atoms with Crippen molar-refractivity contribution in [3.63, 3.8) is 0 Å². The Morgan fingerprint density at radius 3 is 2.64 bits per heavy atom. The summed E-state index contributed by atoms with van der Waals surface area (Å²) in [6.07, 6.45) is 6.97. The molecule has 0 radical (unpaired) electrons. The van der Waals surface area contributed by atoms with Crippen LogP contribution in [0.2, 0.25) is 0 Å². The lowest BCUT2D eigenvalue weighted by atomic mass is 10.1. The van der Waals surface area contributed by atoms with Crippen LogP contribution in [0.15, 0.2) is 30.5 Å². The summed E-state index contributed by atoms with van der Waals surface area (Å²) in [5.41, 5.74) is 1.08. The van der Waals surface area contributed by atoms with Crippen molar-refractivity contribution in [2.75, 3.05) is 43.5 Å². The summed E-state index contributed by atoms with van der Waals surface area (Å²) in [7, 11) is 1.56. The minimum absolute atomic E-state index is 0.189. The van der Waals surface area contributed by atoms with Crippen molar-refractivity contribution in [3.8, 4) is 11.5 Å². The average Bonchev–Trinajstić information content (AvgIpc) is 2.96. The predicted molar refractivity (Wildman–Crippen MR) is 110 cm³/mol. The van der Waals surface area contributed by atoms with Gasteiger partial charge in [-0.25, -0.2) is 4.98 Å². The van der Waals surface area contributed by atoms with Crippen molar-refractivity contribution in [1.29, 1.82) is 0 Å². The Hall–Kier alpha value is -2.54. The highest BCUT2D eigenvalue weighted by molar-refractivity contribution is 5.44. The molecule has 2 saturated heterocycles. The number of benzene rings is 1. The molecule has 0 amide bonds. The first kappa shape index (κ1) is 18.8. The molecule has 4 rings (SSSR count). The van der Waals surface area contributed by atoms with Crippen LogP contribution in [-0.2, 0) is 6.54 Å². The molecule has 0 unspecified atom stereocenters. The molecule has 2 fully saturated rings. The monoisotopic (exact) mass is 383 g/mol. The highest BCUT2D eigenvalue weighted by atomic mass is 16.5. The minimum Gasteiger partial charge on any atom is -0.504 e. The van der Waals surface area contributed by atoms with Gasteiger partial charge in [-0.05, 0) is 36.6 Å². The van der Waals surface area contributed by atoms with Gasteiger partial charge in [-0.1, -0.05) is 18.9 Å². The third-order valence-corrected chi connectivity index (χ3v) is 5.51. The van der Waals surface area contributed by atoms with E-state index in [1.165, 1.54) is 25.7 Å². The summed E-state index contributed by atoms with van der Waals surface area (Å²) < 4.78 is 5.10. The Balaban J connectivity index is 1.28. The van der Waals surface area contributed by atoms with Crippen LogP contribution in [0.4, 0.5) is 11.8 Å². The summed E-state index contributed by atoms with van der Waals surface area (Å²) in [5.74, 6) is 2.44. The van der Waals surface area contributed by atoms with E-state index < -0.39 is 0 Å². The molecule has 7 nitrogen and oxygen atoms in total. The van der Waals surface area contributed by atoms with Crippen LogP contribution < -0.4 is 15.0 Å². The van der Waals surface area contributed by atoms with Crippen molar-refractivity contribution < 1.29 is 9.84 Å². The van der Waals surface area contributed by atoms with E-state index in [-0.39, 0.29) is 5.75 Å². The Morgan fingerprint density at radius 1 is 1.14 bits per heavy atom. The van der Waals surface area contributed by atoms with Crippen molar-refractivity contribution in [2.24, 2.45) is 0 Å². The molecule has 2 N–H and O–H groups in total. The zero-order valence-corrected chi connectivity index (χ0v) is 16.5. The fourth-order valence-electron chi connectivity index (χ4n) is 3.96. The SMILES string of the molecule is COc1ccc(CN2CC(Nc3nccc(N4CCCCCC4)n3)C2)cc1O. The van der Waals surface area contributed by atoms with E-state index >= 15 is 0 Å². The lowest BCUT2D eigenvalue weighted by Gasteiger charge is -2.39. The Labute approximate surface area is 166 Å². The third kappa shape index (κ3) is 4.47. The summed E-state index contributed by atoms with van der Waals surface area (Å²) in [4.78, 5) is 13.9. The van der Waals surface area contributed by atoms with Crippen LogP contribution in [0, 0.1) is 0 Å². The average molecular weight is 383 g/mol. The first-order valence-electron chi connectivity index (χ1n) is 10.1. The van der Waals surface area contributed by atoms with E-state index in [1.807, 2.05) is 24.4 Å². The number of hydrogen-bond acceptors (Lipinski definition) is 7. The van der Waals surface area contributed by atoms with E-state index in [0.29, 0.717) is 17.7 Å². The molecule has 2 aromatic rings. The maximum Gasteiger partial charge on any atom is 0.224 e. The first-order chi connectivity index (χ1) is 13.7. The quantitative estimate of drug-likeness (QED) is 0.794. The molecule has 0 saturated carbocycles. The van der Waals surface area contributed by atoms with Crippen LogP contribution in [0.5, 0.6) is 11.5 Å². The van der Waals surface area contributed by atoms with Crippen molar-refractivity contribution >= 4 is 11.8 Å². The fourth-order valence-corrected chi connectivity index (χ4v) is 3.96. The number of aromatic hydroxyl groups is 1. The van der Waals surface area contributed by atoms with Gasteiger partial charge in [0.25, 0.3) is 0 Å². The number of phenolic OH excluding ortho intramolecular Hbond substituents is 1. The number of methoxy groups -OCH3 is 1. The number of nitrogens with zero attached hydrogens (tertiary/aromatic N) is 4. The fraction of sp³-hybridized carbons (Fsp3) is 0.524. The highest BCUT2D eigenvalue weighted by Gasteiger charge is 2.27. The number of rotatable bonds is 6. The number of hydrogen-bond donors (Lipinski definition) is 2. The normalized spacial score (nSPS) is 18.4. The molecular weight excluding hydrogens is 354 g/mol. The van der Waals surface area contributed by atoms with E-state index in [9.17, 15) is 5.11 Å². The molecule has 7 heteroatoms. The van der Waals surface area contributed by atoms with Gasteiger partial charge >= 0.3 is 0 Å². The lowest BCUT2D eigenvalue weighted by molar-refractivity contribution is 0.152. The molecular formula is C21H29N5O2. The zero-order valence-electron chi connectivity index (χ0n) is 16.5. The largest absolute Gasteiger partial charge is 0.504 e. The molecule has 0 aliphatic carbocycles. The molecule has 150 valence electrons. The van der Waals surface area contributed by atoms with Gasteiger partial charge < -0.3 is 20.1 Å². The van der Waals surface area contributed by atoms with Gasteiger partial charge in [0.1, 0.15) is 5.82 Å². The van der Waals surface area contributed by atoms with E-state index in [0.717, 1.165) is 44.1 Å². The second kappa shape index (κ2) is 8.65. The van der Waals surface area contributed by atoms with E-state index in [2.05, 4.69) is 20.1 Å². The number of anilines is 2. The Bertz CT molecular complexity index is 786. The number of aromatic nitrogens is 2. The number of likely N-dealkylation sites (tertiary alicyclic amines) is 1. The lowest BCUT2D eigenvalue weighted by Crippen LogP contribution is -2.54. The Morgan fingerprint density at radius 2 is 1.93 bits per heavy atom. The molecule has 1 aromatic heterocycles. The van der Waals surface area contributed by atoms with Gasteiger partial charge in [0.05, 0.1) is 13.2 Å². The molecule has 1 aromatic carbocycles. The van der Waals surface area contributed by atoms with Gasteiger partial charge in [-0.15, -0.1) is 0 Å². The van der Waals surface area contributed by atoms with Gasteiger partial charge in [0, 0.05) is 38.9 Å². The van der Waals surface area contributed by atoms with Gasteiger partial charge in [-0.3, -0.25) is 4.90 Å². The standard InChI is InChI=1S/C21H29N5O2/c1-28-19-7-6-16(12-18(19)27)13-25-14-17(15-25)23-21-22-9-8-20(24-21)26-10-4-2-3-5-11-26/h6-9,12,17,27H,2-5,10-11,13-15H2,1H3,(H,22,23,24). The maximum absolute atomic E-state index is 9.92. The van der Waals surface area contributed by atoms with Crippen LogP contribution in [0.1, 0.15) is 31.2 Å². The molecule has 2 aliphatic rings. The molecule has 0 bridgehead atoms. The van der Waals surface area contributed by atoms with Crippen molar-refractivity contribution in [3.05, 3.63) is 36.0 Å². The van der Waals surface area contributed by atoms with Gasteiger partial charge in [-0.2, -0.15) is 4.98 Å². The molecule has 2 aliphatic heterocycles. The highest BCUT2D eigenvalue weighted by Crippen LogP contribution is 2.27. The Kier molecular flexibility index (Phi) is 5.81.